The zero-order valence-corrected chi connectivity index (χ0v) is 11.9. The van der Waals surface area contributed by atoms with Crippen LogP contribution in [0.25, 0.3) is 0 Å². The number of nitrogens with zero attached hydrogens (tertiary/aromatic N) is 2. The number of aryl methyl sites for hydroxylation is 1. The number of nitrogens with two attached hydrogens (primary N) is 1. The minimum atomic E-state index is -0.0133. The Labute approximate surface area is 114 Å². The Hall–Kier alpha value is -1.33. The lowest BCUT2D eigenvalue weighted by Crippen LogP contribution is -2.34. The Balaban J connectivity index is 2.47. The van der Waals surface area contributed by atoms with Crippen molar-refractivity contribution in [3.63, 3.8) is 0 Å². The van der Waals surface area contributed by atoms with Gasteiger partial charge in [-0.05, 0) is 32.8 Å². The van der Waals surface area contributed by atoms with Gasteiger partial charge in [-0.1, -0.05) is 0 Å². The van der Waals surface area contributed by atoms with Crippen LogP contribution in [0.1, 0.15) is 26.7 Å². The molecule has 0 aliphatic rings. The lowest BCUT2D eigenvalue weighted by Gasteiger charge is -2.26. The van der Waals surface area contributed by atoms with E-state index >= 15 is 0 Å². The standard InChI is InChI=1S/C14H25N3O2/c1-12(2)16(9-4-10-18)7-3-8-17-11-13(15)5-6-14(17)19/h5-6,11-12,18H,3-4,7-10,15H2,1-2H3. The summed E-state index contributed by atoms with van der Waals surface area (Å²) >= 11 is 0. The molecule has 0 radical (unpaired) electrons. The van der Waals surface area contributed by atoms with Crippen LogP contribution in [0.2, 0.25) is 0 Å². The number of pyridine rings is 1. The summed E-state index contributed by atoms with van der Waals surface area (Å²) in [5, 5.41) is 8.88. The van der Waals surface area contributed by atoms with Crippen molar-refractivity contribution in [1.29, 1.82) is 0 Å². The number of aromatic nitrogens is 1. The molecule has 0 aliphatic carbocycles. The van der Waals surface area contributed by atoms with E-state index in [4.69, 9.17) is 10.8 Å². The highest BCUT2D eigenvalue weighted by molar-refractivity contribution is 5.33. The number of hydrogen-bond acceptors (Lipinski definition) is 4. The van der Waals surface area contributed by atoms with Crippen LogP contribution in [0.4, 0.5) is 5.69 Å². The molecule has 5 heteroatoms. The highest BCUT2D eigenvalue weighted by Gasteiger charge is 2.08. The summed E-state index contributed by atoms with van der Waals surface area (Å²) in [6, 6.07) is 3.58. The maximum atomic E-state index is 11.6. The second-order valence-electron chi connectivity index (χ2n) is 5.05. The quantitative estimate of drug-likeness (QED) is 0.734. The minimum absolute atomic E-state index is 0.0133. The summed E-state index contributed by atoms with van der Waals surface area (Å²) in [7, 11) is 0. The maximum absolute atomic E-state index is 11.6. The van der Waals surface area contributed by atoms with E-state index in [1.165, 1.54) is 6.07 Å². The van der Waals surface area contributed by atoms with Gasteiger partial charge in [0.05, 0.1) is 0 Å². The van der Waals surface area contributed by atoms with E-state index in [2.05, 4.69) is 18.7 Å². The molecule has 0 saturated heterocycles. The number of hydrogen-bond donors (Lipinski definition) is 2. The first kappa shape index (κ1) is 15.7. The molecule has 5 nitrogen and oxygen atoms in total. The fourth-order valence-corrected chi connectivity index (χ4v) is 2.07. The van der Waals surface area contributed by atoms with Gasteiger partial charge in [-0.15, -0.1) is 0 Å². The molecule has 0 bridgehead atoms. The second-order valence-corrected chi connectivity index (χ2v) is 5.05. The predicted octanol–water partition coefficient (Wildman–Crippen LogP) is 0.913. The molecule has 1 aromatic heterocycles. The van der Waals surface area contributed by atoms with E-state index in [1.54, 1.807) is 16.8 Å². The highest BCUT2D eigenvalue weighted by Crippen LogP contribution is 2.03. The molecule has 0 saturated carbocycles. The van der Waals surface area contributed by atoms with Crippen molar-refractivity contribution in [2.24, 2.45) is 0 Å². The molecule has 1 rings (SSSR count). The van der Waals surface area contributed by atoms with Crippen LogP contribution in [-0.2, 0) is 6.54 Å². The Kier molecular flexibility index (Phi) is 6.59. The van der Waals surface area contributed by atoms with E-state index in [0.717, 1.165) is 25.9 Å². The summed E-state index contributed by atoms with van der Waals surface area (Å²) in [5.41, 5.74) is 6.27. The third-order valence-corrected chi connectivity index (χ3v) is 3.18. The van der Waals surface area contributed by atoms with Gasteiger partial charge in [0.15, 0.2) is 0 Å². The first-order valence-electron chi connectivity index (χ1n) is 6.85. The smallest absolute Gasteiger partial charge is 0.250 e. The van der Waals surface area contributed by atoms with Crippen LogP contribution in [-0.4, -0.2) is 40.3 Å². The first-order valence-corrected chi connectivity index (χ1v) is 6.85. The molecular weight excluding hydrogens is 242 g/mol. The van der Waals surface area contributed by atoms with Crippen molar-refractivity contribution >= 4 is 5.69 Å². The van der Waals surface area contributed by atoms with E-state index in [0.29, 0.717) is 18.3 Å². The first-order chi connectivity index (χ1) is 9.04. The Morgan fingerprint density at radius 3 is 2.63 bits per heavy atom. The van der Waals surface area contributed by atoms with Crippen LogP contribution < -0.4 is 11.3 Å². The number of aliphatic hydroxyl groups excluding tert-OH is 1. The molecule has 3 N–H and O–H groups in total. The molecule has 0 unspecified atom stereocenters. The van der Waals surface area contributed by atoms with Gasteiger partial charge in [0.2, 0.25) is 0 Å². The van der Waals surface area contributed by atoms with Gasteiger partial charge in [0, 0.05) is 50.2 Å². The molecule has 1 heterocycles. The lowest BCUT2D eigenvalue weighted by atomic mass is 10.2. The maximum Gasteiger partial charge on any atom is 0.250 e. The fraction of sp³-hybridized carbons (Fsp3) is 0.643. The van der Waals surface area contributed by atoms with Crippen LogP contribution >= 0.6 is 0 Å². The third kappa shape index (κ3) is 5.44. The van der Waals surface area contributed by atoms with Gasteiger partial charge in [0.25, 0.3) is 5.56 Å². The van der Waals surface area contributed by atoms with Crippen molar-refractivity contribution < 1.29 is 5.11 Å². The zero-order valence-electron chi connectivity index (χ0n) is 11.9. The van der Waals surface area contributed by atoms with Crippen molar-refractivity contribution in [3.05, 3.63) is 28.7 Å². The Morgan fingerprint density at radius 1 is 1.32 bits per heavy atom. The van der Waals surface area contributed by atoms with Gasteiger partial charge in [0.1, 0.15) is 0 Å². The van der Waals surface area contributed by atoms with Gasteiger partial charge in [-0.3, -0.25) is 4.79 Å². The van der Waals surface area contributed by atoms with E-state index < -0.39 is 0 Å². The number of aliphatic hydroxyl groups is 1. The number of anilines is 1. The summed E-state index contributed by atoms with van der Waals surface area (Å²) in [6.45, 7) is 6.98. The average molecular weight is 267 g/mol. The lowest BCUT2D eigenvalue weighted by molar-refractivity contribution is 0.187. The average Bonchev–Trinajstić information content (AvgIpc) is 2.37. The van der Waals surface area contributed by atoms with E-state index in [-0.39, 0.29) is 12.2 Å². The van der Waals surface area contributed by atoms with Crippen molar-refractivity contribution in [2.45, 2.75) is 39.3 Å². The van der Waals surface area contributed by atoms with Crippen molar-refractivity contribution in [3.8, 4) is 0 Å². The number of rotatable bonds is 8. The minimum Gasteiger partial charge on any atom is -0.398 e. The van der Waals surface area contributed by atoms with Gasteiger partial charge >= 0.3 is 0 Å². The SMILES string of the molecule is CC(C)N(CCCO)CCCn1cc(N)ccc1=O. The summed E-state index contributed by atoms with van der Waals surface area (Å²) in [4.78, 5) is 13.9. The van der Waals surface area contributed by atoms with Crippen LogP contribution in [0, 0.1) is 0 Å². The molecule has 108 valence electrons. The van der Waals surface area contributed by atoms with Crippen LogP contribution in [0.3, 0.4) is 0 Å². The predicted molar refractivity (Wildman–Crippen MR) is 78.1 cm³/mol. The second kappa shape index (κ2) is 7.96. The van der Waals surface area contributed by atoms with Gasteiger partial charge in [-0.2, -0.15) is 0 Å². The van der Waals surface area contributed by atoms with Crippen LogP contribution in [0.5, 0.6) is 0 Å². The van der Waals surface area contributed by atoms with Crippen LogP contribution in [0.15, 0.2) is 23.1 Å². The summed E-state index contributed by atoms with van der Waals surface area (Å²) in [6.07, 6.45) is 3.37. The van der Waals surface area contributed by atoms with Crippen molar-refractivity contribution in [2.75, 3.05) is 25.4 Å². The highest BCUT2D eigenvalue weighted by atomic mass is 16.3. The summed E-state index contributed by atoms with van der Waals surface area (Å²) < 4.78 is 1.65. The Morgan fingerprint density at radius 2 is 2.00 bits per heavy atom. The molecule has 0 fully saturated rings. The molecule has 0 amide bonds. The van der Waals surface area contributed by atoms with E-state index in [9.17, 15) is 4.79 Å². The van der Waals surface area contributed by atoms with Crippen molar-refractivity contribution in [1.82, 2.24) is 9.47 Å². The molecule has 1 aromatic rings. The van der Waals surface area contributed by atoms with E-state index in [1.807, 2.05) is 0 Å². The molecular formula is C14H25N3O2. The largest absolute Gasteiger partial charge is 0.398 e. The molecule has 0 aromatic carbocycles. The van der Waals surface area contributed by atoms with Gasteiger partial charge < -0.3 is 20.3 Å². The molecule has 19 heavy (non-hydrogen) atoms. The third-order valence-electron chi connectivity index (χ3n) is 3.18. The molecule has 0 spiro atoms. The van der Waals surface area contributed by atoms with Gasteiger partial charge in [-0.25, -0.2) is 0 Å². The number of nitrogen functional groups attached to an aromatic ring is 1. The monoisotopic (exact) mass is 267 g/mol. The molecule has 0 aliphatic heterocycles. The zero-order chi connectivity index (χ0) is 14.3. The summed E-state index contributed by atoms with van der Waals surface area (Å²) in [5.74, 6) is 0. The normalized spacial score (nSPS) is 11.4. The Bertz CT molecular complexity index is 429. The molecule has 0 atom stereocenters. The topological polar surface area (TPSA) is 71.5 Å². The fourth-order valence-electron chi connectivity index (χ4n) is 2.07.